The summed E-state index contributed by atoms with van der Waals surface area (Å²) in [6.07, 6.45) is 7.27. The molecule has 0 aromatic heterocycles. The summed E-state index contributed by atoms with van der Waals surface area (Å²) in [6.45, 7) is 2.24. The number of hydrogen-bond donors (Lipinski definition) is 0. The minimum atomic E-state index is -5.09. The van der Waals surface area contributed by atoms with E-state index in [2.05, 4.69) is 11.7 Å². The Hall–Kier alpha value is -1.85. The fraction of sp³-hybridized carbons (Fsp3) is 0.615. The van der Waals surface area contributed by atoms with Crippen LogP contribution in [0, 0.1) is 29.4 Å². The fourth-order valence-corrected chi connectivity index (χ4v) is 6.04. The number of alkyl halides is 3. The molecule has 4 unspecified atom stereocenters. The second-order valence-electron chi connectivity index (χ2n) is 9.73. The Morgan fingerprint density at radius 3 is 2.44 bits per heavy atom. The van der Waals surface area contributed by atoms with E-state index in [-0.39, 0.29) is 10.8 Å². The van der Waals surface area contributed by atoms with Crippen molar-refractivity contribution >= 4 is 10.8 Å². The summed E-state index contributed by atoms with van der Waals surface area (Å²) in [5, 5.41) is 0.175. The molecule has 2 aliphatic rings. The molecule has 0 radical (unpaired) electrons. The maximum Gasteiger partial charge on any atom is 0.573 e. The Balaban J connectivity index is 1.49. The first-order valence-electron chi connectivity index (χ1n) is 11.9. The molecule has 1 nitrogen and oxygen atoms in total. The Morgan fingerprint density at radius 1 is 0.938 bits per heavy atom. The van der Waals surface area contributed by atoms with E-state index in [1.165, 1.54) is 51.0 Å². The van der Waals surface area contributed by atoms with E-state index in [0.29, 0.717) is 11.8 Å². The van der Waals surface area contributed by atoms with Crippen molar-refractivity contribution in [2.45, 2.75) is 83.4 Å². The third-order valence-corrected chi connectivity index (χ3v) is 7.64. The average Bonchev–Trinajstić information content (AvgIpc) is 2.75. The van der Waals surface area contributed by atoms with Crippen molar-refractivity contribution in [2.75, 3.05) is 0 Å². The molecular weight excluding hydrogens is 423 g/mol. The van der Waals surface area contributed by atoms with Gasteiger partial charge >= 0.3 is 6.36 Å². The minimum absolute atomic E-state index is 0.0637. The summed E-state index contributed by atoms with van der Waals surface area (Å²) < 4.78 is 70.0. The van der Waals surface area contributed by atoms with Crippen molar-refractivity contribution in [3.63, 3.8) is 0 Å². The number of ether oxygens (including phenoxy) is 1. The van der Waals surface area contributed by atoms with E-state index >= 15 is 0 Å². The van der Waals surface area contributed by atoms with Gasteiger partial charge < -0.3 is 4.74 Å². The molecule has 6 heteroatoms. The minimum Gasteiger partial charge on any atom is -0.402 e. The summed E-state index contributed by atoms with van der Waals surface area (Å²) in [5.41, 5.74) is 0.991. The molecular formula is C26H31F5O. The zero-order valence-corrected chi connectivity index (χ0v) is 18.5. The van der Waals surface area contributed by atoms with Gasteiger partial charge in [0.25, 0.3) is 0 Å². The zero-order chi connectivity index (χ0) is 22.9. The van der Waals surface area contributed by atoms with E-state index in [9.17, 15) is 22.0 Å². The normalized spacial score (nSPS) is 26.2. The van der Waals surface area contributed by atoms with Gasteiger partial charge in [0.2, 0.25) is 5.82 Å². The van der Waals surface area contributed by atoms with Crippen molar-refractivity contribution in [1.29, 1.82) is 0 Å². The van der Waals surface area contributed by atoms with Crippen molar-refractivity contribution in [3.8, 4) is 5.75 Å². The maximum absolute atomic E-state index is 14.0. The first-order chi connectivity index (χ1) is 15.2. The van der Waals surface area contributed by atoms with Crippen molar-refractivity contribution in [3.05, 3.63) is 41.5 Å². The van der Waals surface area contributed by atoms with Crippen LogP contribution >= 0.6 is 0 Å². The van der Waals surface area contributed by atoms with E-state index in [4.69, 9.17) is 0 Å². The molecule has 0 aliphatic heterocycles. The van der Waals surface area contributed by atoms with Crippen LogP contribution in [0.25, 0.3) is 10.8 Å². The summed E-state index contributed by atoms with van der Waals surface area (Å²) in [4.78, 5) is 0. The van der Waals surface area contributed by atoms with E-state index in [0.717, 1.165) is 42.7 Å². The van der Waals surface area contributed by atoms with Crippen LogP contribution in [0.1, 0.15) is 82.6 Å². The lowest BCUT2D eigenvalue weighted by atomic mass is 9.63. The molecule has 176 valence electrons. The molecule has 0 spiro atoms. The highest BCUT2D eigenvalue weighted by Crippen LogP contribution is 2.49. The van der Waals surface area contributed by atoms with Crippen molar-refractivity contribution < 1.29 is 26.7 Å². The second-order valence-corrected chi connectivity index (χ2v) is 9.73. The summed E-state index contributed by atoms with van der Waals surface area (Å²) >= 11 is 0. The third-order valence-electron chi connectivity index (χ3n) is 7.64. The molecule has 0 bridgehead atoms. The molecule has 0 amide bonds. The number of benzene rings is 2. The van der Waals surface area contributed by atoms with Gasteiger partial charge in [0.1, 0.15) is 0 Å². The molecule has 32 heavy (non-hydrogen) atoms. The van der Waals surface area contributed by atoms with Crippen LogP contribution in [0.2, 0.25) is 0 Å². The third kappa shape index (κ3) is 5.20. The van der Waals surface area contributed by atoms with Crippen molar-refractivity contribution in [2.24, 2.45) is 17.8 Å². The molecule has 4 rings (SSSR count). The highest BCUT2D eigenvalue weighted by atomic mass is 19.4. The predicted octanol–water partition coefficient (Wildman–Crippen LogP) is 8.90. The quantitative estimate of drug-likeness (QED) is 0.313. The van der Waals surface area contributed by atoms with Gasteiger partial charge in [-0.3, -0.25) is 0 Å². The molecule has 0 N–H and O–H groups in total. The number of fused-ring (bicyclic) bond motifs is 2. The van der Waals surface area contributed by atoms with Gasteiger partial charge in [-0.25, -0.2) is 4.39 Å². The summed E-state index contributed by atoms with van der Waals surface area (Å²) in [6, 6.07) is 5.86. The number of hydrogen-bond acceptors (Lipinski definition) is 1. The van der Waals surface area contributed by atoms with Gasteiger partial charge in [0.15, 0.2) is 11.6 Å². The molecule has 0 heterocycles. The summed E-state index contributed by atoms with van der Waals surface area (Å²) in [5.74, 6) is -1.43. The SMILES string of the molecule is CCCCCC1CCC2CC(c3ccc4c(OC(F)(F)F)c(F)c(F)cc4c3)CCC2C1. The Kier molecular flexibility index (Phi) is 6.97. The zero-order valence-electron chi connectivity index (χ0n) is 18.5. The van der Waals surface area contributed by atoms with Gasteiger partial charge in [-0.1, -0.05) is 57.2 Å². The van der Waals surface area contributed by atoms with Crippen LogP contribution in [0.4, 0.5) is 22.0 Å². The second kappa shape index (κ2) is 9.56. The van der Waals surface area contributed by atoms with Crippen LogP contribution in [-0.2, 0) is 0 Å². The molecule has 4 atom stereocenters. The van der Waals surface area contributed by atoms with E-state index in [1.54, 1.807) is 12.1 Å². The number of unbranched alkanes of at least 4 members (excludes halogenated alkanes) is 2. The summed E-state index contributed by atoms with van der Waals surface area (Å²) in [7, 11) is 0. The predicted molar refractivity (Wildman–Crippen MR) is 116 cm³/mol. The van der Waals surface area contributed by atoms with Gasteiger partial charge in [-0.2, -0.15) is 4.39 Å². The lowest BCUT2D eigenvalue weighted by Crippen LogP contribution is -2.30. The topological polar surface area (TPSA) is 9.23 Å². The van der Waals surface area contributed by atoms with Gasteiger partial charge in [-0.15, -0.1) is 13.2 Å². The monoisotopic (exact) mass is 454 g/mol. The average molecular weight is 455 g/mol. The lowest BCUT2D eigenvalue weighted by Gasteiger charge is -2.42. The Morgan fingerprint density at radius 2 is 1.69 bits per heavy atom. The molecule has 2 aromatic rings. The van der Waals surface area contributed by atoms with Crippen molar-refractivity contribution in [1.82, 2.24) is 0 Å². The van der Waals surface area contributed by atoms with Gasteiger partial charge in [-0.05, 0) is 72.8 Å². The lowest BCUT2D eigenvalue weighted by molar-refractivity contribution is -0.275. The van der Waals surface area contributed by atoms with Crippen LogP contribution < -0.4 is 4.74 Å². The highest BCUT2D eigenvalue weighted by Gasteiger charge is 2.37. The van der Waals surface area contributed by atoms with Gasteiger partial charge in [0.05, 0.1) is 0 Å². The Labute approximate surface area is 186 Å². The standard InChI is InChI=1S/C26H31F5O/c1-2-3-4-5-16-6-7-18-13-19(9-8-17(18)12-16)20-10-11-22-21(14-20)15-23(27)24(28)25(22)32-26(29,30)31/h10-11,14-19H,2-9,12-13H2,1H3. The smallest absolute Gasteiger partial charge is 0.402 e. The number of halogens is 5. The molecule has 0 saturated heterocycles. The molecule has 2 aromatic carbocycles. The van der Waals surface area contributed by atoms with Crippen LogP contribution in [0.5, 0.6) is 5.75 Å². The van der Waals surface area contributed by atoms with E-state index < -0.39 is 23.7 Å². The van der Waals surface area contributed by atoms with E-state index in [1.807, 2.05) is 0 Å². The molecule has 2 aliphatic carbocycles. The van der Waals surface area contributed by atoms with Crippen LogP contribution in [0.3, 0.4) is 0 Å². The highest BCUT2D eigenvalue weighted by molar-refractivity contribution is 5.89. The first-order valence-corrected chi connectivity index (χ1v) is 11.9. The largest absolute Gasteiger partial charge is 0.573 e. The maximum atomic E-state index is 14.0. The first kappa shape index (κ1) is 23.3. The molecule has 2 fully saturated rings. The van der Waals surface area contributed by atoms with Gasteiger partial charge in [0, 0.05) is 5.39 Å². The fourth-order valence-electron chi connectivity index (χ4n) is 6.04. The number of rotatable bonds is 6. The van der Waals surface area contributed by atoms with Crippen LogP contribution in [-0.4, -0.2) is 6.36 Å². The molecule has 2 saturated carbocycles. The Bertz CT molecular complexity index is 938. The van der Waals surface area contributed by atoms with Crippen LogP contribution in [0.15, 0.2) is 24.3 Å².